The molecule has 1 fully saturated rings. The molecule has 3 nitrogen and oxygen atoms in total. The molecule has 19 heavy (non-hydrogen) atoms. The standard InChI is InChI=1S/C15H18ClN3/c1-12-18(14-6-4-13(16)5-7-14)9-10-19(12)15-3-2-8-17-11-15/h3-7,17H,1-2,8-11H2. The van der Waals surface area contributed by atoms with Gasteiger partial charge < -0.3 is 15.1 Å². The topological polar surface area (TPSA) is 18.5 Å². The number of nitrogens with one attached hydrogen (secondary N) is 1. The van der Waals surface area contributed by atoms with Gasteiger partial charge in [0.2, 0.25) is 0 Å². The first-order valence-corrected chi connectivity index (χ1v) is 7.03. The van der Waals surface area contributed by atoms with Crippen molar-refractivity contribution in [1.82, 2.24) is 10.2 Å². The lowest BCUT2D eigenvalue weighted by Crippen LogP contribution is -2.31. The van der Waals surface area contributed by atoms with Crippen LogP contribution in [-0.2, 0) is 0 Å². The molecule has 0 unspecified atom stereocenters. The number of hydrogen-bond donors (Lipinski definition) is 1. The van der Waals surface area contributed by atoms with E-state index in [1.807, 2.05) is 24.3 Å². The highest BCUT2D eigenvalue weighted by Crippen LogP contribution is 2.29. The van der Waals surface area contributed by atoms with Gasteiger partial charge >= 0.3 is 0 Å². The zero-order valence-electron chi connectivity index (χ0n) is 10.9. The van der Waals surface area contributed by atoms with Crippen molar-refractivity contribution in [1.29, 1.82) is 0 Å². The quantitative estimate of drug-likeness (QED) is 0.895. The molecule has 0 bridgehead atoms. The van der Waals surface area contributed by atoms with Crippen LogP contribution in [0.1, 0.15) is 6.42 Å². The third-order valence-corrected chi connectivity index (χ3v) is 3.91. The van der Waals surface area contributed by atoms with Crippen LogP contribution in [0.15, 0.2) is 48.4 Å². The number of benzene rings is 1. The molecular weight excluding hydrogens is 258 g/mol. The lowest BCUT2D eigenvalue weighted by molar-refractivity contribution is 0.457. The third kappa shape index (κ3) is 2.48. The fourth-order valence-corrected chi connectivity index (χ4v) is 2.77. The first-order valence-electron chi connectivity index (χ1n) is 6.65. The molecule has 1 aromatic rings. The van der Waals surface area contributed by atoms with Crippen molar-refractivity contribution in [3.63, 3.8) is 0 Å². The molecule has 0 aliphatic carbocycles. The Morgan fingerprint density at radius 1 is 1.11 bits per heavy atom. The zero-order valence-corrected chi connectivity index (χ0v) is 11.7. The fraction of sp³-hybridized carbons (Fsp3) is 0.333. The molecule has 0 atom stereocenters. The van der Waals surface area contributed by atoms with E-state index in [-0.39, 0.29) is 0 Å². The summed E-state index contributed by atoms with van der Waals surface area (Å²) in [4.78, 5) is 4.55. The van der Waals surface area contributed by atoms with Crippen LogP contribution < -0.4 is 10.2 Å². The Labute approximate surface area is 119 Å². The maximum atomic E-state index is 5.94. The van der Waals surface area contributed by atoms with Crippen molar-refractivity contribution in [3.05, 3.63) is 53.5 Å². The minimum Gasteiger partial charge on any atom is -0.329 e. The second-order valence-corrected chi connectivity index (χ2v) is 5.29. The summed E-state index contributed by atoms with van der Waals surface area (Å²) in [7, 11) is 0. The number of anilines is 1. The van der Waals surface area contributed by atoms with Gasteiger partial charge in [0.15, 0.2) is 0 Å². The molecule has 1 N–H and O–H groups in total. The van der Waals surface area contributed by atoms with Crippen molar-refractivity contribution in [2.75, 3.05) is 31.1 Å². The van der Waals surface area contributed by atoms with E-state index in [0.717, 1.165) is 49.1 Å². The minimum absolute atomic E-state index is 0.768. The summed E-state index contributed by atoms with van der Waals surface area (Å²) < 4.78 is 0. The third-order valence-electron chi connectivity index (χ3n) is 3.66. The van der Waals surface area contributed by atoms with Crippen LogP contribution in [0.4, 0.5) is 5.69 Å². The smallest absolute Gasteiger partial charge is 0.105 e. The maximum Gasteiger partial charge on any atom is 0.105 e. The van der Waals surface area contributed by atoms with Crippen molar-refractivity contribution in [2.24, 2.45) is 0 Å². The molecule has 0 aromatic heterocycles. The second-order valence-electron chi connectivity index (χ2n) is 4.86. The van der Waals surface area contributed by atoms with Crippen LogP contribution in [0.5, 0.6) is 0 Å². The van der Waals surface area contributed by atoms with E-state index < -0.39 is 0 Å². The molecule has 1 aromatic carbocycles. The van der Waals surface area contributed by atoms with E-state index in [2.05, 4.69) is 27.8 Å². The molecule has 0 saturated carbocycles. The zero-order chi connectivity index (χ0) is 13.2. The molecule has 3 rings (SSSR count). The van der Waals surface area contributed by atoms with Crippen molar-refractivity contribution >= 4 is 17.3 Å². The van der Waals surface area contributed by atoms with Crippen LogP contribution in [0.2, 0.25) is 5.02 Å². The molecule has 4 heteroatoms. The van der Waals surface area contributed by atoms with Gasteiger partial charge in [0, 0.05) is 36.0 Å². The first-order chi connectivity index (χ1) is 9.25. The molecule has 0 amide bonds. The number of rotatable bonds is 2. The van der Waals surface area contributed by atoms with Gasteiger partial charge in [-0.1, -0.05) is 24.3 Å². The summed E-state index contributed by atoms with van der Waals surface area (Å²) in [6.45, 7) is 8.22. The Morgan fingerprint density at radius 3 is 2.53 bits per heavy atom. The Balaban J connectivity index is 1.78. The molecular formula is C15H18ClN3. The molecule has 2 aliphatic heterocycles. The highest BCUT2D eigenvalue weighted by molar-refractivity contribution is 6.30. The number of nitrogens with zero attached hydrogens (tertiary/aromatic N) is 2. The summed E-state index contributed by atoms with van der Waals surface area (Å²) in [5, 5.41) is 4.18. The van der Waals surface area contributed by atoms with Crippen molar-refractivity contribution in [2.45, 2.75) is 6.42 Å². The van der Waals surface area contributed by atoms with E-state index in [1.165, 1.54) is 5.70 Å². The SMILES string of the molecule is C=C1N(C2=CCCNC2)CCN1c1ccc(Cl)cc1. The maximum absolute atomic E-state index is 5.94. The van der Waals surface area contributed by atoms with Gasteiger partial charge in [0.1, 0.15) is 5.82 Å². The molecule has 100 valence electrons. The molecule has 2 heterocycles. The van der Waals surface area contributed by atoms with Crippen LogP contribution in [-0.4, -0.2) is 31.1 Å². The predicted molar refractivity (Wildman–Crippen MR) is 80.2 cm³/mol. The van der Waals surface area contributed by atoms with Crippen molar-refractivity contribution < 1.29 is 0 Å². The fourth-order valence-electron chi connectivity index (χ4n) is 2.65. The van der Waals surface area contributed by atoms with E-state index in [9.17, 15) is 0 Å². The first kappa shape index (κ1) is 12.6. The molecule has 0 radical (unpaired) electrons. The summed E-state index contributed by atoms with van der Waals surface area (Å²) in [6.07, 6.45) is 3.41. The average molecular weight is 276 g/mol. The Bertz CT molecular complexity index is 507. The van der Waals surface area contributed by atoms with Gasteiger partial charge in [-0.2, -0.15) is 0 Å². The van der Waals surface area contributed by atoms with Gasteiger partial charge in [-0.25, -0.2) is 0 Å². The molecule has 2 aliphatic rings. The van der Waals surface area contributed by atoms with E-state index in [4.69, 9.17) is 11.6 Å². The highest BCUT2D eigenvalue weighted by atomic mass is 35.5. The summed E-state index contributed by atoms with van der Waals surface area (Å²) in [5.41, 5.74) is 2.49. The molecule has 1 saturated heterocycles. The van der Waals surface area contributed by atoms with Gasteiger partial charge in [0.05, 0.1) is 0 Å². The van der Waals surface area contributed by atoms with Crippen molar-refractivity contribution in [3.8, 4) is 0 Å². The summed E-state index contributed by atoms with van der Waals surface area (Å²) >= 11 is 5.94. The minimum atomic E-state index is 0.768. The monoisotopic (exact) mass is 275 g/mol. The predicted octanol–water partition coefficient (Wildman–Crippen LogP) is 2.81. The lowest BCUT2D eigenvalue weighted by atomic mass is 10.2. The lowest BCUT2D eigenvalue weighted by Gasteiger charge is -2.28. The second kappa shape index (κ2) is 5.27. The van der Waals surface area contributed by atoms with E-state index >= 15 is 0 Å². The number of hydrogen-bond acceptors (Lipinski definition) is 3. The number of halogens is 1. The Kier molecular flexibility index (Phi) is 3.49. The van der Waals surface area contributed by atoms with Gasteiger partial charge in [-0.05, 0) is 37.2 Å². The van der Waals surface area contributed by atoms with E-state index in [0.29, 0.717) is 0 Å². The summed E-state index contributed by atoms with van der Waals surface area (Å²) in [5.74, 6) is 1.05. The van der Waals surface area contributed by atoms with Gasteiger partial charge in [0.25, 0.3) is 0 Å². The molecule has 0 spiro atoms. The summed E-state index contributed by atoms with van der Waals surface area (Å²) in [6, 6.07) is 7.94. The Morgan fingerprint density at radius 2 is 1.84 bits per heavy atom. The largest absolute Gasteiger partial charge is 0.329 e. The Hall–Kier alpha value is -1.45. The van der Waals surface area contributed by atoms with Crippen LogP contribution in [0.25, 0.3) is 0 Å². The normalized spacial score (nSPS) is 19.8. The average Bonchev–Trinajstić information content (AvgIpc) is 2.83. The van der Waals surface area contributed by atoms with Crippen LogP contribution >= 0.6 is 11.6 Å². The van der Waals surface area contributed by atoms with Gasteiger partial charge in [-0.3, -0.25) is 0 Å². The highest BCUT2D eigenvalue weighted by Gasteiger charge is 2.26. The van der Waals surface area contributed by atoms with Gasteiger partial charge in [-0.15, -0.1) is 0 Å². The van der Waals surface area contributed by atoms with Crippen LogP contribution in [0, 0.1) is 0 Å². The van der Waals surface area contributed by atoms with E-state index in [1.54, 1.807) is 0 Å². The van der Waals surface area contributed by atoms with Crippen LogP contribution in [0.3, 0.4) is 0 Å².